The van der Waals surface area contributed by atoms with Crippen LogP contribution >= 0.6 is 0 Å². The van der Waals surface area contributed by atoms with Gasteiger partial charge in [-0.25, -0.2) is 0 Å². The summed E-state index contributed by atoms with van der Waals surface area (Å²) in [5.74, 6) is 3.88. The van der Waals surface area contributed by atoms with Crippen molar-refractivity contribution in [3.05, 3.63) is 29.8 Å². The number of ether oxygens (including phenoxy) is 3. The van der Waals surface area contributed by atoms with Crippen molar-refractivity contribution in [1.29, 1.82) is 0 Å². The fourth-order valence-electron chi connectivity index (χ4n) is 7.34. The molecule has 1 aromatic carbocycles. The Balaban J connectivity index is 1.36. The Morgan fingerprint density at radius 1 is 1.00 bits per heavy atom. The van der Waals surface area contributed by atoms with E-state index in [1.54, 1.807) is 7.11 Å². The van der Waals surface area contributed by atoms with Crippen LogP contribution in [0.25, 0.3) is 0 Å². The average molecular weight is 414 g/mol. The number of carbonyl (C=O) groups excluding carboxylic acids is 1. The highest BCUT2D eigenvalue weighted by molar-refractivity contribution is 5.88. The third kappa shape index (κ3) is 3.16. The van der Waals surface area contributed by atoms with Crippen LogP contribution in [0, 0.1) is 23.7 Å². The fraction of sp³-hybridized carbons (Fsp3) is 0.720. The number of hydrogen-bond acceptors (Lipinski definition) is 4. The SMILES string of the molecule is COc1ccc(C2(C(=O)NCC3(OC)C4CC5CC(C4)CC3C5)CCOCC2)cc1. The lowest BCUT2D eigenvalue weighted by Crippen LogP contribution is -2.64. The molecule has 1 amide bonds. The summed E-state index contributed by atoms with van der Waals surface area (Å²) >= 11 is 0. The van der Waals surface area contributed by atoms with E-state index in [4.69, 9.17) is 14.2 Å². The molecule has 0 aromatic heterocycles. The highest BCUT2D eigenvalue weighted by atomic mass is 16.5. The van der Waals surface area contributed by atoms with E-state index < -0.39 is 5.41 Å². The van der Waals surface area contributed by atoms with Gasteiger partial charge in [-0.15, -0.1) is 0 Å². The summed E-state index contributed by atoms with van der Waals surface area (Å²) in [6.45, 7) is 1.86. The molecular weight excluding hydrogens is 378 g/mol. The van der Waals surface area contributed by atoms with Crippen LogP contribution in [-0.2, 0) is 19.7 Å². The predicted molar refractivity (Wildman–Crippen MR) is 115 cm³/mol. The van der Waals surface area contributed by atoms with Crippen LogP contribution < -0.4 is 10.1 Å². The monoisotopic (exact) mass is 413 g/mol. The first-order valence-electron chi connectivity index (χ1n) is 11.7. The Morgan fingerprint density at radius 3 is 2.13 bits per heavy atom. The van der Waals surface area contributed by atoms with Crippen molar-refractivity contribution >= 4 is 5.91 Å². The summed E-state index contributed by atoms with van der Waals surface area (Å²) in [6, 6.07) is 7.99. The van der Waals surface area contributed by atoms with Crippen molar-refractivity contribution < 1.29 is 19.0 Å². The minimum atomic E-state index is -0.536. The quantitative estimate of drug-likeness (QED) is 0.773. The van der Waals surface area contributed by atoms with Gasteiger partial charge in [-0.3, -0.25) is 4.79 Å². The van der Waals surface area contributed by atoms with E-state index in [1.807, 2.05) is 31.4 Å². The molecule has 164 valence electrons. The zero-order valence-electron chi connectivity index (χ0n) is 18.3. The molecule has 0 atom stereocenters. The maximum Gasteiger partial charge on any atom is 0.230 e. The van der Waals surface area contributed by atoms with Crippen LogP contribution in [0.5, 0.6) is 5.75 Å². The molecule has 1 N–H and O–H groups in total. The maximum atomic E-state index is 13.7. The van der Waals surface area contributed by atoms with Gasteiger partial charge in [0, 0.05) is 26.9 Å². The van der Waals surface area contributed by atoms with Crippen LogP contribution in [0.1, 0.15) is 50.5 Å². The Bertz CT molecular complexity index is 740. The molecule has 4 saturated carbocycles. The number of nitrogens with one attached hydrogen (secondary N) is 1. The molecule has 4 bridgehead atoms. The molecule has 6 rings (SSSR count). The summed E-state index contributed by atoms with van der Waals surface area (Å²) in [7, 11) is 3.53. The van der Waals surface area contributed by atoms with E-state index >= 15 is 0 Å². The van der Waals surface area contributed by atoms with E-state index in [0.717, 1.165) is 23.1 Å². The van der Waals surface area contributed by atoms with Crippen molar-refractivity contribution in [2.24, 2.45) is 23.7 Å². The first-order chi connectivity index (χ1) is 14.6. The predicted octanol–water partition coefficient (Wildman–Crippen LogP) is 3.70. The van der Waals surface area contributed by atoms with Crippen LogP contribution in [0.2, 0.25) is 0 Å². The van der Waals surface area contributed by atoms with Gasteiger partial charge < -0.3 is 19.5 Å². The Kier molecular flexibility index (Phi) is 5.30. The van der Waals surface area contributed by atoms with Gasteiger partial charge in [0.1, 0.15) is 5.75 Å². The van der Waals surface area contributed by atoms with Gasteiger partial charge in [-0.1, -0.05) is 12.1 Å². The molecule has 4 aliphatic carbocycles. The van der Waals surface area contributed by atoms with Crippen molar-refractivity contribution in [2.75, 3.05) is 34.0 Å². The largest absolute Gasteiger partial charge is 0.497 e. The molecule has 1 heterocycles. The molecule has 30 heavy (non-hydrogen) atoms. The average Bonchev–Trinajstić information content (AvgIpc) is 2.79. The van der Waals surface area contributed by atoms with E-state index in [-0.39, 0.29) is 11.5 Å². The second-order valence-corrected chi connectivity index (χ2v) is 10.1. The summed E-state index contributed by atoms with van der Waals surface area (Å²) in [5, 5.41) is 3.39. The Labute approximate surface area is 179 Å². The van der Waals surface area contributed by atoms with Gasteiger partial charge in [-0.05, 0) is 86.3 Å². The van der Waals surface area contributed by atoms with E-state index in [9.17, 15) is 4.79 Å². The van der Waals surface area contributed by atoms with Crippen molar-refractivity contribution in [3.63, 3.8) is 0 Å². The third-order valence-electron chi connectivity index (χ3n) is 8.85. The molecule has 0 radical (unpaired) electrons. The van der Waals surface area contributed by atoms with Gasteiger partial charge in [-0.2, -0.15) is 0 Å². The van der Waals surface area contributed by atoms with Crippen molar-refractivity contribution in [1.82, 2.24) is 5.32 Å². The van der Waals surface area contributed by atoms with E-state index in [1.165, 1.54) is 32.1 Å². The Hall–Kier alpha value is -1.59. The number of carbonyl (C=O) groups is 1. The summed E-state index contributed by atoms with van der Waals surface area (Å²) in [4.78, 5) is 13.7. The number of amides is 1. The molecule has 5 heteroatoms. The fourth-order valence-corrected chi connectivity index (χ4v) is 7.34. The number of hydrogen-bond donors (Lipinski definition) is 1. The molecule has 5 aliphatic rings. The number of rotatable bonds is 6. The highest BCUT2D eigenvalue weighted by Crippen LogP contribution is 2.59. The molecule has 0 unspecified atom stereocenters. The van der Waals surface area contributed by atoms with E-state index in [0.29, 0.717) is 44.4 Å². The van der Waals surface area contributed by atoms with Gasteiger partial charge in [0.05, 0.1) is 18.1 Å². The molecule has 1 aromatic rings. The van der Waals surface area contributed by atoms with Gasteiger partial charge >= 0.3 is 0 Å². The van der Waals surface area contributed by atoms with Gasteiger partial charge in [0.25, 0.3) is 0 Å². The Morgan fingerprint density at radius 2 is 1.60 bits per heavy atom. The number of methoxy groups -OCH3 is 2. The first kappa shape index (κ1) is 20.3. The smallest absolute Gasteiger partial charge is 0.230 e. The van der Waals surface area contributed by atoms with Gasteiger partial charge in [0.2, 0.25) is 5.91 Å². The summed E-state index contributed by atoms with van der Waals surface area (Å²) in [5.41, 5.74) is 0.335. The van der Waals surface area contributed by atoms with Crippen LogP contribution in [0.15, 0.2) is 24.3 Å². The molecule has 5 fully saturated rings. The van der Waals surface area contributed by atoms with Gasteiger partial charge in [0.15, 0.2) is 0 Å². The van der Waals surface area contributed by atoms with Crippen LogP contribution in [0.3, 0.4) is 0 Å². The zero-order chi connectivity index (χ0) is 20.8. The van der Waals surface area contributed by atoms with Crippen molar-refractivity contribution in [2.45, 2.75) is 56.0 Å². The normalized spacial score (nSPS) is 36.5. The molecule has 1 aliphatic heterocycles. The lowest BCUT2D eigenvalue weighted by Gasteiger charge is -2.60. The highest BCUT2D eigenvalue weighted by Gasteiger charge is 2.58. The van der Waals surface area contributed by atoms with Crippen LogP contribution in [0.4, 0.5) is 0 Å². The zero-order valence-corrected chi connectivity index (χ0v) is 18.3. The lowest BCUT2D eigenvalue weighted by molar-refractivity contribution is -0.188. The number of benzene rings is 1. The standard InChI is InChI=1S/C25H35NO4/c1-28-22-5-3-19(4-6-22)24(7-9-30-10-8-24)23(27)26-16-25(29-2)20-12-17-11-18(14-20)15-21(25)13-17/h3-6,17-18,20-21H,7-16H2,1-2H3,(H,26,27). The van der Waals surface area contributed by atoms with E-state index in [2.05, 4.69) is 5.32 Å². The molecule has 0 spiro atoms. The first-order valence-corrected chi connectivity index (χ1v) is 11.7. The lowest BCUT2D eigenvalue weighted by atomic mass is 9.49. The second kappa shape index (κ2) is 7.83. The minimum absolute atomic E-state index is 0.126. The maximum absolute atomic E-state index is 13.7. The molecule has 1 saturated heterocycles. The second-order valence-electron chi connectivity index (χ2n) is 10.1. The van der Waals surface area contributed by atoms with Crippen LogP contribution in [-0.4, -0.2) is 45.5 Å². The van der Waals surface area contributed by atoms with Crippen molar-refractivity contribution in [3.8, 4) is 5.75 Å². The topological polar surface area (TPSA) is 56.8 Å². The molecular formula is C25H35NO4. The minimum Gasteiger partial charge on any atom is -0.497 e. The third-order valence-corrected chi connectivity index (χ3v) is 8.85. The summed E-state index contributed by atoms with van der Waals surface area (Å²) in [6.07, 6.45) is 7.93. The molecule has 5 nitrogen and oxygen atoms in total. The summed E-state index contributed by atoms with van der Waals surface area (Å²) < 4.78 is 17.2.